The average molecular weight is 260 g/mol. The zero-order chi connectivity index (χ0) is 12.2. The van der Waals surface area contributed by atoms with Crippen molar-refractivity contribution in [1.82, 2.24) is 5.32 Å². The SMILES string of the molecule is CC(C)(C)CCCNC(=O)c1ccc(Cl)s1. The van der Waals surface area contributed by atoms with Gasteiger partial charge >= 0.3 is 0 Å². The molecule has 0 saturated carbocycles. The molecule has 0 aliphatic heterocycles. The van der Waals surface area contributed by atoms with Crippen LogP contribution in [-0.4, -0.2) is 12.5 Å². The number of hydrogen-bond acceptors (Lipinski definition) is 2. The van der Waals surface area contributed by atoms with Crippen LogP contribution in [0, 0.1) is 5.41 Å². The van der Waals surface area contributed by atoms with Gasteiger partial charge in [0, 0.05) is 6.54 Å². The fourth-order valence-corrected chi connectivity index (χ4v) is 2.30. The minimum Gasteiger partial charge on any atom is -0.351 e. The highest BCUT2D eigenvalue weighted by Gasteiger charge is 2.11. The Morgan fingerprint density at radius 2 is 2.12 bits per heavy atom. The molecule has 0 spiro atoms. The van der Waals surface area contributed by atoms with Gasteiger partial charge in [0.05, 0.1) is 9.21 Å². The summed E-state index contributed by atoms with van der Waals surface area (Å²) >= 11 is 7.08. The molecular weight excluding hydrogens is 242 g/mol. The first-order valence-electron chi connectivity index (χ1n) is 5.42. The van der Waals surface area contributed by atoms with E-state index in [1.807, 2.05) is 0 Å². The molecule has 1 amide bonds. The molecule has 0 bridgehead atoms. The Morgan fingerprint density at radius 3 is 2.62 bits per heavy atom. The summed E-state index contributed by atoms with van der Waals surface area (Å²) < 4.78 is 0.653. The van der Waals surface area contributed by atoms with Crippen LogP contribution >= 0.6 is 22.9 Å². The van der Waals surface area contributed by atoms with Crippen molar-refractivity contribution in [3.63, 3.8) is 0 Å². The summed E-state index contributed by atoms with van der Waals surface area (Å²) in [7, 11) is 0. The number of carbonyl (C=O) groups excluding carboxylic acids is 1. The van der Waals surface area contributed by atoms with Crippen molar-refractivity contribution in [3.8, 4) is 0 Å². The highest BCUT2D eigenvalue weighted by Crippen LogP contribution is 2.22. The Labute approximate surface area is 106 Å². The van der Waals surface area contributed by atoms with Gasteiger partial charge in [0.15, 0.2) is 0 Å². The molecule has 0 saturated heterocycles. The summed E-state index contributed by atoms with van der Waals surface area (Å²) in [6.07, 6.45) is 2.12. The number of nitrogens with one attached hydrogen (secondary N) is 1. The number of rotatable bonds is 4. The number of amides is 1. The summed E-state index contributed by atoms with van der Waals surface area (Å²) in [5, 5.41) is 2.90. The predicted molar refractivity (Wildman–Crippen MR) is 70.4 cm³/mol. The quantitative estimate of drug-likeness (QED) is 0.815. The molecule has 1 rings (SSSR count). The van der Waals surface area contributed by atoms with E-state index < -0.39 is 0 Å². The van der Waals surface area contributed by atoms with Crippen LogP contribution in [0.2, 0.25) is 4.34 Å². The molecular formula is C12H18ClNOS. The molecule has 90 valence electrons. The Hall–Kier alpha value is -0.540. The van der Waals surface area contributed by atoms with Gasteiger partial charge in [-0.15, -0.1) is 11.3 Å². The Kier molecular flexibility index (Phi) is 4.81. The van der Waals surface area contributed by atoms with Gasteiger partial charge in [-0.2, -0.15) is 0 Å². The fourth-order valence-electron chi connectivity index (χ4n) is 1.34. The molecule has 0 radical (unpaired) electrons. The lowest BCUT2D eigenvalue weighted by atomic mass is 9.91. The third-order valence-electron chi connectivity index (χ3n) is 2.19. The van der Waals surface area contributed by atoms with Crippen molar-refractivity contribution in [1.29, 1.82) is 0 Å². The van der Waals surface area contributed by atoms with Crippen LogP contribution in [0.3, 0.4) is 0 Å². The second kappa shape index (κ2) is 5.69. The molecule has 0 fully saturated rings. The zero-order valence-corrected chi connectivity index (χ0v) is 11.5. The van der Waals surface area contributed by atoms with E-state index in [1.54, 1.807) is 12.1 Å². The third kappa shape index (κ3) is 4.99. The molecule has 0 unspecified atom stereocenters. The van der Waals surface area contributed by atoms with Crippen LogP contribution in [-0.2, 0) is 0 Å². The van der Waals surface area contributed by atoms with Crippen LogP contribution in [0.4, 0.5) is 0 Å². The van der Waals surface area contributed by atoms with Gasteiger partial charge in [-0.25, -0.2) is 0 Å². The summed E-state index contributed by atoms with van der Waals surface area (Å²) in [6, 6.07) is 3.50. The van der Waals surface area contributed by atoms with Gasteiger partial charge in [-0.05, 0) is 30.4 Å². The van der Waals surface area contributed by atoms with E-state index in [1.165, 1.54) is 11.3 Å². The maximum atomic E-state index is 11.6. The molecule has 1 aromatic heterocycles. The molecule has 0 aliphatic rings. The van der Waals surface area contributed by atoms with Crippen LogP contribution in [0.5, 0.6) is 0 Å². The average Bonchev–Trinajstić information content (AvgIpc) is 2.57. The monoisotopic (exact) mass is 259 g/mol. The molecule has 1 aromatic rings. The van der Waals surface area contributed by atoms with Gasteiger partial charge in [0.1, 0.15) is 0 Å². The predicted octanol–water partition coefficient (Wildman–Crippen LogP) is 3.96. The number of thiophene rings is 1. The van der Waals surface area contributed by atoms with E-state index in [0.29, 0.717) is 14.6 Å². The van der Waals surface area contributed by atoms with Crippen molar-refractivity contribution < 1.29 is 4.79 Å². The van der Waals surface area contributed by atoms with Gasteiger partial charge in [-0.3, -0.25) is 4.79 Å². The van der Waals surface area contributed by atoms with Crippen LogP contribution in [0.1, 0.15) is 43.3 Å². The highest BCUT2D eigenvalue weighted by molar-refractivity contribution is 7.17. The zero-order valence-electron chi connectivity index (χ0n) is 9.97. The van der Waals surface area contributed by atoms with E-state index in [2.05, 4.69) is 26.1 Å². The summed E-state index contributed by atoms with van der Waals surface area (Å²) in [6.45, 7) is 7.33. The van der Waals surface area contributed by atoms with E-state index in [0.717, 1.165) is 19.4 Å². The molecule has 1 N–H and O–H groups in total. The fraction of sp³-hybridized carbons (Fsp3) is 0.583. The van der Waals surface area contributed by atoms with Gasteiger partial charge < -0.3 is 5.32 Å². The largest absolute Gasteiger partial charge is 0.351 e. The van der Waals surface area contributed by atoms with Crippen LogP contribution in [0.25, 0.3) is 0 Å². The molecule has 0 aliphatic carbocycles. The normalized spacial score (nSPS) is 11.5. The van der Waals surface area contributed by atoms with Gasteiger partial charge in [0.2, 0.25) is 0 Å². The lowest BCUT2D eigenvalue weighted by Gasteiger charge is -2.17. The van der Waals surface area contributed by atoms with E-state index >= 15 is 0 Å². The molecule has 0 aromatic carbocycles. The Bertz CT molecular complexity index is 354. The van der Waals surface area contributed by atoms with Gasteiger partial charge in [0.25, 0.3) is 5.91 Å². The molecule has 2 nitrogen and oxygen atoms in total. The summed E-state index contributed by atoms with van der Waals surface area (Å²) in [4.78, 5) is 12.3. The van der Waals surface area contributed by atoms with Crippen molar-refractivity contribution in [2.45, 2.75) is 33.6 Å². The minimum atomic E-state index is -0.0224. The highest BCUT2D eigenvalue weighted by atomic mass is 35.5. The van der Waals surface area contributed by atoms with Crippen molar-refractivity contribution in [2.75, 3.05) is 6.54 Å². The summed E-state index contributed by atoms with van der Waals surface area (Å²) in [5.41, 5.74) is 0.330. The summed E-state index contributed by atoms with van der Waals surface area (Å²) in [5.74, 6) is -0.0224. The van der Waals surface area contributed by atoms with Crippen LogP contribution in [0.15, 0.2) is 12.1 Å². The minimum absolute atomic E-state index is 0.0224. The first-order chi connectivity index (χ1) is 7.38. The first kappa shape index (κ1) is 13.5. The van der Waals surface area contributed by atoms with Crippen molar-refractivity contribution in [2.24, 2.45) is 5.41 Å². The van der Waals surface area contributed by atoms with E-state index in [-0.39, 0.29) is 5.91 Å². The first-order valence-corrected chi connectivity index (χ1v) is 6.61. The van der Waals surface area contributed by atoms with E-state index in [4.69, 9.17) is 11.6 Å². The maximum absolute atomic E-state index is 11.6. The number of hydrogen-bond donors (Lipinski definition) is 1. The number of carbonyl (C=O) groups is 1. The number of halogens is 1. The van der Waals surface area contributed by atoms with E-state index in [9.17, 15) is 4.79 Å². The van der Waals surface area contributed by atoms with Crippen LogP contribution < -0.4 is 5.32 Å². The molecule has 4 heteroatoms. The smallest absolute Gasteiger partial charge is 0.261 e. The second-order valence-electron chi connectivity index (χ2n) is 5.02. The van der Waals surface area contributed by atoms with Crippen molar-refractivity contribution >= 4 is 28.8 Å². The van der Waals surface area contributed by atoms with Gasteiger partial charge in [-0.1, -0.05) is 32.4 Å². The topological polar surface area (TPSA) is 29.1 Å². The lowest BCUT2D eigenvalue weighted by molar-refractivity contribution is 0.0955. The standard InChI is InChI=1S/C12H18ClNOS/c1-12(2,3)7-4-8-14-11(15)9-5-6-10(13)16-9/h5-6H,4,7-8H2,1-3H3,(H,14,15). The Balaban J connectivity index is 2.26. The Morgan fingerprint density at radius 1 is 1.44 bits per heavy atom. The maximum Gasteiger partial charge on any atom is 0.261 e. The molecule has 1 heterocycles. The molecule has 0 atom stereocenters. The van der Waals surface area contributed by atoms with Crippen molar-refractivity contribution in [3.05, 3.63) is 21.3 Å². The lowest BCUT2D eigenvalue weighted by Crippen LogP contribution is -2.24. The molecule has 16 heavy (non-hydrogen) atoms. The third-order valence-corrected chi connectivity index (χ3v) is 3.42. The second-order valence-corrected chi connectivity index (χ2v) is 6.74.